The maximum absolute atomic E-state index is 11.9. The zero-order chi connectivity index (χ0) is 12.8. The molecule has 0 amide bonds. The Hall–Kier alpha value is -0.870. The van der Waals surface area contributed by atoms with Crippen LogP contribution in [0.1, 0.15) is 43.4 Å². The summed E-state index contributed by atoms with van der Waals surface area (Å²) in [6, 6.07) is 3.97. The van der Waals surface area contributed by atoms with Crippen LogP contribution in [0.2, 0.25) is 0 Å². The minimum absolute atomic E-state index is 0.0230. The molecule has 100 valence electrons. The second-order valence-electron chi connectivity index (χ2n) is 5.01. The first kappa shape index (κ1) is 13.6. The Morgan fingerprint density at radius 2 is 2.22 bits per heavy atom. The summed E-state index contributed by atoms with van der Waals surface area (Å²) in [6.45, 7) is 0.413. The van der Waals surface area contributed by atoms with Crippen LogP contribution in [-0.4, -0.2) is 18.6 Å². The van der Waals surface area contributed by atoms with Crippen molar-refractivity contribution in [1.82, 2.24) is 5.32 Å². The summed E-state index contributed by atoms with van der Waals surface area (Å²) in [5.41, 5.74) is -0.0230. The molecule has 1 aliphatic rings. The van der Waals surface area contributed by atoms with Gasteiger partial charge in [-0.25, -0.2) is 0 Å². The van der Waals surface area contributed by atoms with Gasteiger partial charge in [0.15, 0.2) is 0 Å². The van der Waals surface area contributed by atoms with Crippen molar-refractivity contribution in [1.29, 1.82) is 0 Å². The normalized spacial score (nSPS) is 18.5. The molecule has 1 aliphatic carbocycles. The fourth-order valence-electron chi connectivity index (χ4n) is 2.62. The molecule has 0 saturated heterocycles. The molecule has 0 radical (unpaired) electrons. The van der Waals surface area contributed by atoms with Gasteiger partial charge in [0.1, 0.15) is 6.61 Å². The molecule has 1 saturated carbocycles. The van der Waals surface area contributed by atoms with E-state index in [1.807, 2.05) is 24.6 Å². The van der Waals surface area contributed by atoms with Crippen LogP contribution in [0, 0.1) is 0 Å². The van der Waals surface area contributed by atoms with Gasteiger partial charge < -0.3 is 10.1 Å². The quantitative estimate of drug-likeness (QED) is 0.833. The molecule has 0 aliphatic heterocycles. The Kier molecular flexibility index (Phi) is 4.78. The number of thiophene rings is 1. The molecule has 0 bridgehead atoms. The molecular formula is C14H21NO2S. The lowest BCUT2D eigenvalue weighted by Crippen LogP contribution is -2.46. The second kappa shape index (κ2) is 6.34. The highest BCUT2D eigenvalue weighted by Crippen LogP contribution is 2.31. The Morgan fingerprint density at radius 1 is 1.44 bits per heavy atom. The average molecular weight is 267 g/mol. The third-order valence-electron chi connectivity index (χ3n) is 3.78. The molecule has 0 atom stereocenters. The van der Waals surface area contributed by atoms with Crippen LogP contribution in [0.4, 0.5) is 0 Å². The van der Waals surface area contributed by atoms with Gasteiger partial charge in [-0.1, -0.05) is 25.3 Å². The smallest absolute Gasteiger partial charge is 0.308 e. The Morgan fingerprint density at radius 3 is 2.83 bits per heavy atom. The van der Waals surface area contributed by atoms with Crippen molar-refractivity contribution in [3.63, 3.8) is 0 Å². The van der Waals surface area contributed by atoms with E-state index >= 15 is 0 Å². The van der Waals surface area contributed by atoms with E-state index in [1.54, 1.807) is 11.3 Å². The lowest BCUT2D eigenvalue weighted by atomic mass is 9.79. The lowest BCUT2D eigenvalue weighted by Gasteiger charge is -2.36. The first-order valence-corrected chi connectivity index (χ1v) is 7.49. The number of carbonyl (C=O) groups excluding carboxylic acids is 1. The maximum Gasteiger partial charge on any atom is 0.308 e. The summed E-state index contributed by atoms with van der Waals surface area (Å²) in [5.74, 6) is -0.0837. The largest absolute Gasteiger partial charge is 0.460 e. The van der Waals surface area contributed by atoms with Crippen molar-refractivity contribution in [2.75, 3.05) is 7.05 Å². The second-order valence-corrected chi connectivity index (χ2v) is 6.04. The monoisotopic (exact) mass is 267 g/mol. The van der Waals surface area contributed by atoms with Crippen molar-refractivity contribution in [3.8, 4) is 0 Å². The predicted octanol–water partition coefficient (Wildman–Crippen LogP) is 3.10. The van der Waals surface area contributed by atoms with E-state index in [4.69, 9.17) is 4.74 Å². The van der Waals surface area contributed by atoms with Crippen molar-refractivity contribution in [3.05, 3.63) is 22.4 Å². The zero-order valence-electron chi connectivity index (χ0n) is 10.9. The minimum atomic E-state index is -0.0837. The molecule has 0 aromatic carbocycles. The molecule has 1 fully saturated rings. The van der Waals surface area contributed by atoms with E-state index in [-0.39, 0.29) is 11.5 Å². The number of nitrogens with one attached hydrogen (secondary N) is 1. The standard InChI is InChI=1S/C14H21NO2S/c1-15-14(7-3-2-4-8-14)10-13(16)17-11-12-6-5-9-18-12/h5-6,9,15H,2-4,7-8,10-11H2,1H3. The zero-order valence-corrected chi connectivity index (χ0v) is 11.7. The topological polar surface area (TPSA) is 38.3 Å². The van der Waals surface area contributed by atoms with E-state index < -0.39 is 0 Å². The van der Waals surface area contributed by atoms with Gasteiger partial charge in [-0.15, -0.1) is 11.3 Å². The lowest BCUT2D eigenvalue weighted by molar-refractivity contribution is -0.147. The van der Waals surface area contributed by atoms with Gasteiger partial charge in [0.25, 0.3) is 0 Å². The van der Waals surface area contributed by atoms with Crippen LogP contribution in [0.15, 0.2) is 17.5 Å². The van der Waals surface area contributed by atoms with E-state index in [0.717, 1.165) is 17.7 Å². The summed E-state index contributed by atoms with van der Waals surface area (Å²) >= 11 is 1.62. The minimum Gasteiger partial charge on any atom is -0.460 e. The van der Waals surface area contributed by atoms with Crippen LogP contribution in [0.5, 0.6) is 0 Å². The summed E-state index contributed by atoms with van der Waals surface area (Å²) in [4.78, 5) is 13.0. The number of ether oxygens (including phenoxy) is 1. The third-order valence-corrected chi connectivity index (χ3v) is 4.63. The first-order chi connectivity index (χ1) is 8.74. The maximum atomic E-state index is 11.9. The number of hydrogen-bond acceptors (Lipinski definition) is 4. The van der Waals surface area contributed by atoms with Gasteiger partial charge in [0.05, 0.1) is 6.42 Å². The van der Waals surface area contributed by atoms with Gasteiger partial charge >= 0.3 is 5.97 Å². The fourth-order valence-corrected chi connectivity index (χ4v) is 3.23. The molecular weight excluding hydrogens is 246 g/mol. The molecule has 1 N–H and O–H groups in total. The Balaban J connectivity index is 1.81. The highest BCUT2D eigenvalue weighted by molar-refractivity contribution is 7.09. The first-order valence-electron chi connectivity index (χ1n) is 6.61. The van der Waals surface area contributed by atoms with Gasteiger partial charge in [-0.2, -0.15) is 0 Å². The fraction of sp³-hybridized carbons (Fsp3) is 0.643. The SMILES string of the molecule is CNC1(CC(=O)OCc2cccs2)CCCCC1. The molecule has 2 rings (SSSR count). The molecule has 18 heavy (non-hydrogen) atoms. The number of hydrogen-bond donors (Lipinski definition) is 1. The van der Waals surface area contributed by atoms with E-state index in [9.17, 15) is 4.79 Å². The van der Waals surface area contributed by atoms with Gasteiger partial charge in [-0.05, 0) is 31.3 Å². The highest BCUT2D eigenvalue weighted by Gasteiger charge is 2.33. The van der Waals surface area contributed by atoms with Crippen LogP contribution in [-0.2, 0) is 16.1 Å². The molecule has 3 nitrogen and oxygen atoms in total. The summed E-state index contributed by atoms with van der Waals surface area (Å²) < 4.78 is 5.35. The van der Waals surface area contributed by atoms with Crippen LogP contribution in [0.3, 0.4) is 0 Å². The van der Waals surface area contributed by atoms with Gasteiger partial charge in [0, 0.05) is 10.4 Å². The van der Waals surface area contributed by atoms with Crippen LogP contribution in [0.25, 0.3) is 0 Å². The van der Waals surface area contributed by atoms with Crippen molar-refractivity contribution < 1.29 is 9.53 Å². The molecule has 4 heteroatoms. The molecule has 1 heterocycles. The van der Waals surface area contributed by atoms with Crippen molar-refractivity contribution in [2.45, 2.75) is 50.7 Å². The number of carbonyl (C=O) groups is 1. The number of esters is 1. The number of rotatable bonds is 5. The Bertz CT molecular complexity index is 369. The van der Waals surface area contributed by atoms with Crippen LogP contribution < -0.4 is 5.32 Å². The predicted molar refractivity (Wildman–Crippen MR) is 73.6 cm³/mol. The summed E-state index contributed by atoms with van der Waals surface area (Å²) in [6.07, 6.45) is 6.36. The molecule has 0 unspecified atom stereocenters. The average Bonchev–Trinajstić information content (AvgIpc) is 2.91. The molecule has 1 aromatic heterocycles. The van der Waals surface area contributed by atoms with Gasteiger partial charge in [-0.3, -0.25) is 4.79 Å². The van der Waals surface area contributed by atoms with E-state index in [0.29, 0.717) is 13.0 Å². The van der Waals surface area contributed by atoms with E-state index in [1.165, 1.54) is 19.3 Å². The van der Waals surface area contributed by atoms with Crippen molar-refractivity contribution >= 4 is 17.3 Å². The molecule has 0 spiro atoms. The Labute approximate surface area is 113 Å². The van der Waals surface area contributed by atoms with Crippen LogP contribution >= 0.6 is 11.3 Å². The van der Waals surface area contributed by atoms with Gasteiger partial charge in [0.2, 0.25) is 0 Å². The highest BCUT2D eigenvalue weighted by atomic mass is 32.1. The van der Waals surface area contributed by atoms with Crippen molar-refractivity contribution in [2.24, 2.45) is 0 Å². The third kappa shape index (κ3) is 3.56. The summed E-state index contributed by atoms with van der Waals surface area (Å²) in [5, 5.41) is 5.34. The molecule has 1 aromatic rings. The summed E-state index contributed by atoms with van der Waals surface area (Å²) in [7, 11) is 1.96. The van der Waals surface area contributed by atoms with E-state index in [2.05, 4.69) is 5.32 Å².